The highest BCUT2D eigenvalue weighted by Crippen LogP contribution is 2.30. The van der Waals surface area contributed by atoms with Gasteiger partial charge >= 0.3 is 0 Å². The van der Waals surface area contributed by atoms with Crippen LogP contribution in [0.5, 0.6) is 0 Å². The summed E-state index contributed by atoms with van der Waals surface area (Å²) in [7, 11) is -3.88. The minimum absolute atomic E-state index is 0.0122. The van der Waals surface area contributed by atoms with Crippen LogP contribution < -0.4 is 9.62 Å². The van der Waals surface area contributed by atoms with Crippen LogP contribution in [-0.4, -0.2) is 50.0 Å². The lowest BCUT2D eigenvalue weighted by Crippen LogP contribution is -2.55. The van der Waals surface area contributed by atoms with Gasteiger partial charge in [-0.3, -0.25) is 13.9 Å². The van der Waals surface area contributed by atoms with Crippen molar-refractivity contribution in [1.82, 2.24) is 10.2 Å². The van der Waals surface area contributed by atoms with Crippen molar-refractivity contribution in [2.24, 2.45) is 0 Å². The zero-order chi connectivity index (χ0) is 30.3. The lowest BCUT2D eigenvalue weighted by atomic mass is 9.94. The largest absolute Gasteiger partial charge is 0.352 e. The minimum Gasteiger partial charge on any atom is -0.352 e. The Morgan fingerprint density at radius 1 is 0.929 bits per heavy atom. The molecule has 1 unspecified atom stereocenters. The highest BCUT2D eigenvalue weighted by molar-refractivity contribution is 9.10. The molecule has 0 heterocycles. The Hall–Kier alpha value is -2.59. The van der Waals surface area contributed by atoms with E-state index >= 15 is 0 Å². The zero-order valence-electron chi connectivity index (χ0n) is 23.3. The maximum Gasteiger partial charge on any atom is 0.244 e. The summed E-state index contributed by atoms with van der Waals surface area (Å²) in [5, 5.41) is 3.87. The average Bonchev–Trinajstić information content (AvgIpc) is 2.96. The maximum absolute atomic E-state index is 14.3. The van der Waals surface area contributed by atoms with Crippen LogP contribution in [0.25, 0.3) is 0 Å². The molecule has 7 nitrogen and oxygen atoms in total. The molecule has 11 heteroatoms. The third kappa shape index (κ3) is 8.49. The van der Waals surface area contributed by atoms with Gasteiger partial charge in [-0.1, -0.05) is 91.0 Å². The van der Waals surface area contributed by atoms with E-state index in [2.05, 4.69) is 21.2 Å². The standard InChI is InChI=1S/C31H34BrCl2N3O4S/c1-42(40,41)37(28-18-9-8-15-25(28)32)21-30(38)36(20-24-26(33)16-10-17-27(24)34)29(19-22-11-4-2-5-12-22)31(39)35-23-13-6-3-7-14-23/h2,4-5,8-12,15-18,23,29H,3,6-7,13-14,19-21H2,1H3,(H,35,39). The predicted octanol–water partition coefficient (Wildman–Crippen LogP) is 6.61. The molecule has 42 heavy (non-hydrogen) atoms. The van der Waals surface area contributed by atoms with Crippen molar-refractivity contribution in [1.29, 1.82) is 0 Å². The molecule has 1 saturated carbocycles. The van der Waals surface area contributed by atoms with Crippen molar-refractivity contribution in [3.63, 3.8) is 0 Å². The molecule has 1 atom stereocenters. The Labute approximate surface area is 266 Å². The molecule has 0 saturated heterocycles. The van der Waals surface area contributed by atoms with Crippen molar-refractivity contribution in [2.45, 2.75) is 57.2 Å². The number of nitrogens with one attached hydrogen (secondary N) is 1. The second-order valence-electron chi connectivity index (χ2n) is 10.5. The van der Waals surface area contributed by atoms with Crippen molar-refractivity contribution in [3.05, 3.63) is 98.4 Å². The Morgan fingerprint density at radius 2 is 1.55 bits per heavy atom. The number of benzene rings is 3. The number of anilines is 1. The number of amides is 2. The number of para-hydroxylation sites is 1. The van der Waals surface area contributed by atoms with Crippen LogP contribution in [0.1, 0.15) is 43.2 Å². The van der Waals surface area contributed by atoms with Gasteiger partial charge in [0.25, 0.3) is 0 Å². The summed E-state index contributed by atoms with van der Waals surface area (Å²) in [5.74, 6) is -0.860. The molecule has 0 spiro atoms. The van der Waals surface area contributed by atoms with Gasteiger partial charge in [-0.2, -0.15) is 0 Å². The van der Waals surface area contributed by atoms with E-state index < -0.39 is 28.5 Å². The van der Waals surface area contributed by atoms with Crippen LogP contribution in [0.15, 0.2) is 77.3 Å². The molecule has 0 aromatic heterocycles. The van der Waals surface area contributed by atoms with Crippen molar-refractivity contribution in [2.75, 3.05) is 17.1 Å². The van der Waals surface area contributed by atoms with E-state index in [0.29, 0.717) is 25.8 Å². The van der Waals surface area contributed by atoms with E-state index in [9.17, 15) is 18.0 Å². The highest BCUT2D eigenvalue weighted by atomic mass is 79.9. The van der Waals surface area contributed by atoms with E-state index in [1.807, 2.05) is 30.3 Å². The van der Waals surface area contributed by atoms with Gasteiger partial charge in [0.05, 0.1) is 11.9 Å². The molecule has 0 radical (unpaired) electrons. The molecule has 1 aliphatic carbocycles. The molecule has 1 aliphatic rings. The van der Waals surface area contributed by atoms with Crippen LogP contribution in [0, 0.1) is 0 Å². The molecular weight excluding hydrogens is 661 g/mol. The number of carbonyl (C=O) groups is 2. The van der Waals surface area contributed by atoms with Crippen LogP contribution in [0.4, 0.5) is 5.69 Å². The Balaban J connectivity index is 1.76. The molecule has 4 rings (SSSR count). The number of rotatable bonds is 11. The summed E-state index contributed by atoms with van der Waals surface area (Å²) < 4.78 is 27.5. The quantitative estimate of drug-likeness (QED) is 0.245. The number of hydrogen-bond acceptors (Lipinski definition) is 4. The van der Waals surface area contributed by atoms with E-state index in [1.165, 1.54) is 4.90 Å². The number of hydrogen-bond donors (Lipinski definition) is 1. The lowest BCUT2D eigenvalue weighted by molar-refractivity contribution is -0.140. The van der Waals surface area contributed by atoms with Crippen molar-refractivity contribution < 1.29 is 18.0 Å². The average molecular weight is 696 g/mol. The number of sulfonamides is 1. The number of carbonyl (C=O) groups excluding carboxylic acids is 2. The van der Waals surface area contributed by atoms with Gasteiger partial charge < -0.3 is 10.2 Å². The second kappa shape index (κ2) is 14.7. The summed E-state index contributed by atoms with van der Waals surface area (Å²) in [6, 6.07) is 20.3. The normalized spacial score (nSPS) is 14.7. The van der Waals surface area contributed by atoms with Gasteiger partial charge in [0.1, 0.15) is 12.6 Å². The third-order valence-electron chi connectivity index (χ3n) is 7.41. The van der Waals surface area contributed by atoms with Crippen LogP contribution >= 0.6 is 39.1 Å². The predicted molar refractivity (Wildman–Crippen MR) is 172 cm³/mol. The van der Waals surface area contributed by atoms with Crippen LogP contribution in [0.3, 0.4) is 0 Å². The van der Waals surface area contributed by atoms with Crippen LogP contribution in [0.2, 0.25) is 10.0 Å². The van der Waals surface area contributed by atoms with Crippen molar-refractivity contribution in [3.8, 4) is 0 Å². The zero-order valence-corrected chi connectivity index (χ0v) is 27.2. The molecule has 1 fully saturated rings. The summed E-state index contributed by atoms with van der Waals surface area (Å²) in [6.07, 6.45) is 6.21. The van der Waals surface area contributed by atoms with Gasteiger partial charge in [-0.05, 0) is 58.6 Å². The topological polar surface area (TPSA) is 86.8 Å². The van der Waals surface area contributed by atoms with E-state index in [0.717, 1.165) is 48.2 Å². The molecule has 1 N–H and O–H groups in total. The van der Waals surface area contributed by atoms with Crippen molar-refractivity contribution >= 4 is 66.7 Å². The molecule has 2 amide bonds. The number of nitrogens with zero attached hydrogens (tertiary/aromatic N) is 2. The SMILES string of the molecule is CS(=O)(=O)N(CC(=O)N(Cc1c(Cl)cccc1Cl)C(Cc1ccccc1)C(=O)NC1CCCCC1)c1ccccc1Br. The van der Waals surface area contributed by atoms with Gasteiger partial charge in [0.15, 0.2) is 0 Å². The first-order chi connectivity index (χ1) is 20.0. The molecule has 3 aromatic rings. The monoisotopic (exact) mass is 693 g/mol. The maximum atomic E-state index is 14.3. The third-order valence-corrected chi connectivity index (χ3v) is 9.92. The summed E-state index contributed by atoms with van der Waals surface area (Å²) in [6.45, 7) is -0.605. The van der Waals surface area contributed by atoms with Crippen LogP contribution in [-0.2, 0) is 32.6 Å². The summed E-state index contributed by atoms with van der Waals surface area (Å²) in [4.78, 5) is 29.7. The minimum atomic E-state index is -3.88. The first-order valence-electron chi connectivity index (χ1n) is 13.8. The Morgan fingerprint density at radius 3 is 2.17 bits per heavy atom. The van der Waals surface area contributed by atoms with E-state index in [-0.39, 0.29) is 24.9 Å². The summed E-state index contributed by atoms with van der Waals surface area (Å²) in [5.41, 5.74) is 1.65. The van der Waals surface area contributed by atoms with Gasteiger partial charge in [-0.25, -0.2) is 8.42 Å². The number of halogens is 3. The first kappa shape index (κ1) is 32.3. The molecular formula is C31H34BrCl2N3O4S. The summed E-state index contributed by atoms with van der Waals surface area (Å²) >= 11 is 16.5. The van der Waals surface area contributed by atoms with E-state index in [4.69, 9.17) is 23.2 Å². The molecule has 224 valence electrons. The Bertz CT molecular complexity index is 1480. The Kier molecular flexibility index (Phi) is 11.3. The molecule has 3 aromatic carbocycles. The fraction of sp³-hybridized carbons (Fsp3) is 0.355. The second-order valence-corrected chi connectivity index (χ2v) is 14.1. The van der Waals surface area contributed by atoms with Gasteiger partial charge in [0.2, 0.25) is 21.8 Å². The highest BCUT2D eigenvalue weighted by Gasteiger charge is 2.35. The molecule has 0 aliphatic heterocycles. The lowest BCUT2D eigenvalue weighted by Gasteiger charge is -2.35. The molecule has 0 bridgehead atoms. The fourth-order valence-corrected chi connectivity index (χ4v) is 7.20. The van der Waals surface area contributed by atoms with E-state index in [1.54, 1.807) is 42.5 Å². The van der Waals surface area contributed by atoms with Gasteiger partial charge in [0, 0.05) is 39.1 Å². The van der Waals surface area contributed by atoms with Gasteiger partial charge in [-0.15, -0.1) is 0 Å². The fourth-order valence-electron chi connectivity index (χ4n) is 5.20. The first-order valence-corrected chi connectivity index (χ1v) is 17.2. The smallest absolute Gasteiger partial charge is 0.244 e.